The van der Waals surface area contributed by atoms with E-state index in [0.717, 1.165) is 66.7 Å². The number of methoxy groups -OCH3 is 1. The van der Waals surface area contributed by atoms with Crippen molar-refractivity contribution in [2.75, 3.05) is 44.4 Å². The third-order valence-corrected chi connectivity index (χ3v) is 5.51. The van der Waals surface area contributed by atoms with Crippen molar-refractivity contribution >= 4 is 17.4 Å². The van der Waals surface area contributed by atoms with Crippen molar-refractivity contribution in [1.82, 2.24) is 20.2 Å². The molecule has 3 heterocycles. The number of nitrogens with zero attached hydrogens (tertiary/aromatic N) is 3. The van der Waals surface area contributed by atoms with Gasteiger partial charge in [0.2, 0.25) is 5.91 Å². The van der Waals surface area contributed by atoms with E-state index in [1.165, 1.54) is 0 Å². The van der Waals surface area contributed by atoms with Crippen molar-refractivity contribution in [2.45, 2.75) is 31.8 Å². The lowest BCUT2D eigenvalue weighted by atomic mass is 10.0. The molecule has 0 spiro atoms. The van der Waals surface area contributed by atoms with Gasteiger partial charge in [0.15, 0.2) is 0 Å². The van der Waals surface area contributed by atoms with E-state index in [-0.39, 0.29) is 11.9 Å². The van der Waals surface area contributed by atoms with Crippen LogP contribution < -0.4 is 20.7 Å². The van der Waals surface area contributed by atoms with Gasteiger partial charge in [0.1, 0.15) is 17.4 Å². The second-order valence-electron chi connectivity index (χ2n) is 7.49. The van der Waals surface area contributed by atoms with Gasteiger partial charge in [0.05, 0.1) is 25.4 Å². The standard InChI is InChI=1S/C21H28N6O2/c1-22-20-16-12-27(13-19(28)24-14-5-7-15(29-2)8-6-14)11-9-17(16)25-21(26-20)18-4-3-10-23-18/h5-8,18,23H,3-4,9-13H2,1-2H3,(H,24,28)(H,22,25,26)/t18-/m0/s1. The molecule has 1 atom stereocenters. The first-order valence-corrected chi connectivity index (χ1v) is 10.1. The number of rotatable bonds is 6. The number of benzene rings is 1. The lowest BCUT2D eigenvalue weighted by molar-refractivity contribution is -0.117. The Kier molecular flexibility index (Phi) is 5.92. The summed E-state index contributed by atoms with van der Waals surface area (Å²) in [6.45, 7) is 2.83. The number of aromatic nitrogens is 2. The number of hydrogen-bond acceptors (Lipinski definition) is 7. The Morgan fingerprint density at radius 1 is 1.31 bits per heavy atom. The molecule has 8 nitrogen and oxygen atoms in total. The molecule has 29 heavy (non-hydrogen) atoms. The molecule has 2 aromatic rings. The van der Waals surface area contributed by atoms with E-state index in [9.17, 15) is 4.79 Å². The van der Waals surface area contributed by atoms with Gasteiger partial charge in [-0.1, -0.05) is 0 Å². The lowest BCUT2D eigenvalue weighted by Gasteiger charge is -2.29. The summed E-state index contributed by atoms with van der Waals surface area (Å²) in [6.07, 6.45) is 3.07. The van der Waals surface area contributed by atoms with Crippen LogP contribution in [0.3, 0.4) is 0 Å². The third-order valence-electron chi connectivity index (χ3n) is 5.51. The van der Waals surface area contributed by atoms with Crippen LogP contribution >= 0.6 is 0 Å². The Morgan fingerprint density at radius 3 is 2.83 bits per heavy atom. The molecule has 154 valence electrons. The van der Waals surface area contributed by atoms with Gasteiger partial charge in [-0.15, -0.1) is 0 Å². The summed E-state index contributed by atoms with van der Waals surface area (Å²) in [5.41, 5.74) is 2.96. The van der Waals surface area contributed by atoms with E-state index < -0.39 is 0 Å². The molecule has 8 heteroatoms. The molecule has 2 aliphatic rings. The predicted octanol–water partition coefficient (Wildman–Crippen LogP) is 1.95. The SMILES string of the molecule is CNc1nc([C@@H]2CCCN2)nc2c1CN(CC(=O)Nc1ccc(OC)cc1)CC2. The molecule has 0 radical (unpaired) electrons. The van der Waals surface area contributed by atoms with Crippen molar-refractivity contribution < 1.29 is 9.53 Å². The smallest absolute Gasteiger partial charge is 0.238 e. The lowest BCUT2D eigenvalue weighted by Crippen LogP contribution is -2.38. The van der Waals surface area contributed by atoms with E-state index >= 15 is 0 Å². The van der Waals surface area contributed by atoms with E-state index in [0.29, 0.717) is 13.1 Å². The first-order valence-electron chi connectivity index (χ1n) is 10.1. The number of carbonyl (C=O) groups excluding carboxylic acids is 1. The molecule has 0 saturated carbocycles. The van der Waals surface area contributed by atoms with Gasteiger partial charge in [-0.2, -0.15) is 0 Å². The number of amides is 1. The second kappa shape index (κ2) is 8.75. The van der Waals surface area contributed by atoms with E-state index in [1.54, 1.807) is 7.11 Å². The maximum absolute atomic E-state index is 12.5. The fraction of sp³-hybridized carbons (Fsp3) is 0.476. The van der Waals surface area contributed by atoms with Crippen molar-refractivity contribution in [3.8, 4) is 5.75 Å². The normalized spacial score (nSPS) is 18.9. The van der Waals surface area contributed by atoms with Crippen LogP contribution in [-0.2, 0) is 17.8 Å². The van der Waals surface area contributed by atoms with Gasteiger partial charge >= 0.3 is 0 Å². The maximum atomic E-state index is 12.5. The number of anilines is 2. The van der Waals surface area contributed by atoms with Crippen LogP contribution in [0.25, 0.3) is 0 Å². The third kappa shape index (κ3) is 4.49. The van der Waals surface area contributed by atoms with Crippen LogP contribution in [-0.4, -0.2) is 54.6 Å². The second-order valence-corrected chi connectivity index (χ2v) is 7.49. The summed E-state index contributed by atoms with van der Waals surface area (Å²) in [4.78, 5) is 24.2. The quantitative estimate of drug-likeness (QED) is 0.687. The molecular formula is C21H28N6O2. The zero-order valence-electron chi connectivity index (χ0n) is 17.0. The van der Waals surface area contributed by atoms with Crippen LogP contribution in [0, 0.1) is 0 Å². The Morgan fingerprint density at radius 2 is 2.14 bits per heavy atom. The van der Waals surface area contributed by atoms with E-state index in [1.807, 2.05) is 31.3 Å². The Balaban J connectivity index is 1.41. The van der Waals surface area contributed by atoms with E-state index in [4.69, 9.17) is 14.7 Å². The first-order chi connectivity index (χ1) is 14.2. The summed E-state index contributed by atoms with van der Waals surface area (Å²) < 4.78 is 5.15. The molecule has 1 fully saturated rings. The van der Waals surface area contributed by atoms with Crippen LogP contribution in [0.1, 0.15) is 36.0 Å². The van der Waals surface area contributed by atoms with Gasteiger partial charge in [0.25, 0.3) is 0 Å². The van der Waals surface area contributed by atoms with Gasteiger partial charge in [-0.3, -0.25) is 9.69 Å². The van der Waals surface area contributed by atoms with Crippen LogP contribution in [0.5, 0.6) is 5.75 Å². The van der Waals surface area contributed by atoms with Crippen LogP contribution in [0.15, 0.2) is 24.3 Å². The van der Waals surface area contributed by atoms with Crippen LogP contribution in [0.4, 0.5) is 11.5 Å². The minimum atomic E-state index is -0.0303. The summed E-state index contributed by atoms with van der Waals surface area (Å²) in [6, 6.07) is 7.60. The van der Waals surface area contributed by atoms with Crippen molar-refractivity contribution in [2.24, 2.45) is 0 Å². The molecule has 1 amide bonds. The molecule has 0 unspecified atom stereocenters. The van der Waals surface area contributed by atoms with E-state index in [2.05, 4.69) is 20.9 Å². The molecule has 1 saturated heterocycles. The molecule has 2 aliphatic heterocycles. The maximum Gasteiger partial charge on any atom is 0.238 e. The molecule has 4 rings (SSSR count). The predicted molar refractivity (Wildman–Crippen MR) is 112 cm³/mol. The topological polar surface area (TPSA) is 91.4 Å². The van der Waals surface area contributed by atoms with Gasteiger partial charge < -0.3 is 20.7 Å². The average Bonchev–Trinajstić information content (AvgIpc) is 3.28. The number of fused-ring (bicyclic) bond motifs is 1. The highest BCUT2D eigenvalue weighted by molar-refractivity contribution is 5.92. The minimum Gasteiger partial charge on any atom is -0.497 e. The summed E-state index contributed by atoms with van der Waals surface area (Å²) >= 11 is 0. The summed E-state index contributed by atoms with van der Waals surface area (Å²) in [5.74, 6) is 2.50. The Bertz CT molecular complexity index is 847. The number of ether oxygens (including phenoxy) is 1. The first kappa shape index (κ1) is 19.6. The number of carbonyl (C=O) groups is 1. The summed E-state index contributed by atoms with van der Waals surface area (Å²) in [7, 11) is 3.52. The average molecular weight is 396 g/mol. The minimum absolute atomic E-state index is 0.0303. The largest absolute Gasteiger partial charge is 0.497 e. The fourth-order valence-electron chi connectivity index (χ4n) is 3.97. The molecular weight excluding hydrogens is 368 g/mol. The van der Waals surface area contributed by atoms with Crippen molar-refractivity contribution in [3.63, 3.8) is 0 Å². The highest BCUT2D eigenvalue weighted by Crippen LogP contribution is 2.28. The Hall–Kier alpha value is -2.71. The molecule has 1 aromatic heterocycles. The number of nitrogens with one attached hydrogen (secondary N) is 3. The zero-order valence-corrected chi connectivity index (χ0v) is 17.0. The highest BCUT2D eigenvalue weighted by Gasteiger charge is 2.26. The zero-order chi connectivity index (χ0) is 20.2. The Labute approximate surface area is 171 Å². The van der Waals surface area contributed by atoms with Crippen molar-refractivity contribution in [1.29, 1.82) is 0 Å². The highest BCUT2D eigenvalue weighted by atomic mass is 16.5. The van der Waals surface area contributed by atoms with Crippen LogP contribution in [0.2, 0.25) is 0 Å². The van der Waals surface area contributed by atoms with Gasteiger partial charge in [0, 0.05) is 37.8 Å². The molecule has 3 N–H and O–H groups in total. The van der Waals surface area contributed by atoms with Gasteiger partial charge in [-0.05, 0) is 43.7 Å². The summed E-state index contributed by atoms with van der Waals surface area (Å²) in [5, 5.41) is 9.65. The molecule has 0 bridgehead atoms. The molecule has 1 aromatic carbocycles. The van der Waals surface area contributed by atoms with Gasteiger partial charge in [-0.25, -0.2) is 9.97 Å². The number of hydrogen-bond donors (Lipinski definition) is 3. The fourth-order valence-corrected chi connectivity index (χ4v) is 3.97. The molecule has 0 aliphatic carbocycles. The van der Waals surface area contributed by atoms with Crippen molar-refractivity contribution in [3.05, 3.63) is 41.3 Å². The monoisotopic (exact) mass is 396 g/mol.